The Balaban J connectivity index is 1.84. The molecule has 3 heterocycles. The van der Waals surface area contributed by atoms with Gasteiger partial charge in [-0.1, -0.05) is 18.2 Å². The van der Waals surface area contributed by atoms with Gasteiger partial charge in [0.05, 0.1) is 24.4 Å². The van der Waals surface area contributed by atoms with Crippen molar-refractivity contribution in [3.63, 3.8) is 0 Å². The van der Waals surface area contributed by atoms with Crippen LogP contribution in [0.4, 0.5) is 0 Å². The maximum atomic E-state index is 9.65. The van der Waals surface area contributed by atoms with Crippen LogP contribution in [0.2, 0.25) is 0 Å². The van der Waals surface area contributed by atoms with Gasteiger partial charge >= 0.3 is 0 Å². The summed E-state index contributed by atoms with van der Waals surface area (Å²) >= 11 is 5.62. The number of thiocarbonyl (C=S) groups is 1. The van der Waals surface area contributed by atoms with Crippen molar-refractivity contribution in [1.29, 1.82) is 0 Å². The molecule has 2 N–H and O–H groups in total. The number of pyridine rings is 1. The third kappa shape index (κ3) is 3.54. The number of nitrogens with one attached hydrogen (secondary N) is 1. The third-order valence-corrected chi connectivity index (χ3v) is 5.94. The summed E-state index contributed by atoms with van der Waals surface area (Å²) in [5, 5.41) is 13.7. The molecule has 2 aromatic heterocycles. The predicted octanol–water partition coefficient (Wildman–Crippen LogP) is 3.76. The Hall–Kier alpha value is -2.70. The van der Waals surface area contributed by atoms with Crippen molar-refractivity contribution in [2.24, 2.45) is 0 Å². The van der Waals surface area contributed by atoms with Crippen molar-refractivity contribution >= 4 is 17.3 Å². The molecule has 6 heteroatoms. The molecule has 0 unspecified atom stereocenters. The van der Waals surface area contributed by atoms with Crippen molar-refractivity contribution < 1.29 is 5.11 Å². The van der Waals surface area contributed by atoms with Gasteiger partial charge in [0.15, 0.2) is 5.11 Å². The van der Waals surface area contributed by atoms with Crippen molar-refractivity contribution in [1.82, 2.24) is 19.8 Å². The highest BCUT2D eigenvalue weighted by Gasteiger charge is 2.41. The van der Waals surface area contributed by atoms with E-state index in [0.717, 1.165) is 11.4 Å². The molecule has 1 fully saturated rings. The largest absolute Gasteiger partial charge is 0.395 e. The van der Waals surface area contributed by atoms with Gasteiger partial charge in [0.2, 0.25) is 0 Å². The van der Waals surface area contributed by atoms with Crippen LogP contribution in [-0.4, -0.2) is 37.8 Å². The van der Waals surface area contributed by atoms with Gasteiger partial charge in [-0.2, -0.15) is 0 Å². The smallest absolute Gasteiger partial charge is 0.170 e. The molecule has 1 saturated heterocycles. The monoisotopic (exact) mass is 406 g/mol. The molecule has 150 valence electrons. The van der Waals surface area contributed by atoms with Crippen molar-refractivity contribution in [3.05, 3.63) is 82.9 Å². The fraction of sp³-hybridized carbons (Fsp3) is 0.304. The van der Waals surface area contributed by atoms with Gasteiger partial charge in [-0.3, -0.25) is 4.98 Å². The second-order valence-electron chi connectivity index (χ2n) is 7.54. The normalized spacial score (nSPS) is 18.9. The molecule has 0 radical (unpaired) electrons. The fourth-order valence-corrected chi connectivity index (χ4v) is 4.68. The molecule has 1 aliphatic heterocycles. The molecule has 0 bridgehead atoms. The summed E-state index contributed by atoms with van der Waals surface area (Å²) < 4.78 is 2.29. The summed E-state index contributed by atoms with van der Waals surface area (Å²) in [6.45, 7) is 6.92. The lowest BCUT2D eigenvalue weighted by molar-refractivity contribution is 0.223. The number of rotatable bonds is 5. The second kappa shape index (κ2) is 7.97. The van der Waals surface area contributed by atoms with Gasteiger partial charge in [-0.05, 0) is 74.4 Å². The number of hydrogen-bond acceptors (Lipinski definition) is 3. The Morgan fingerprint density at radius 2 is 1.93 bits per heavy atom. The SMILES string of the molecule is Cc1cccc(-n2c(C)cc([C@@H]3[C@@H](c4ccccn4)NC(=S)N3CCO)c2C)c1. The topological polar surface area (TPSA) is 53.3 Å². The molecule has 0 aliphatic carbocycles. The molecule has 0 amide bonds. The molecule has 1 aliphatic rings. The minimum absolute atomic E-state index is 0.0330. The fourth-order valence-electron chi connectivity index (χ4n) is 4.34. The molecular weight excluding hydrogens is 380 g/mol. The summed E-state index contributed by atoms with van der Waals surface area (Å²) in [5.41, 5.74) is 6.87. The second-order valence-corrected chi connectivity index (χ2v) is 7.93. The standard InChI is InChI=1S/C23H26N4OS/c1-15-7-6-8-18(13-15)27-16(2)14-19(17(27)3)22-21(20-9-4-5-10-24-20)25-23(29)26(22)11-12-28/h4-10,13-14,21-22,28H,11-12H2,1-3H3,(H,25,29)/t21-,22-/m1/s1. The van der Waals surface area contributed by atoms with E-state index < -0.39 is 0 Å². The molecule has 5 nitrogen and oxygen atoms in total. The highest BCUT2D eigenvalue weighted by Crippen LogP contribution is 2.41. The van der Waals surface area contributed by atoms with Crippen molar-refractivity contribution in [2.75, 3.05) is 13.2 Å². The minimum atomic E-state index is -0.0679. The first-order valence-electron chi connectivity index (χ1n) is 9.86. The summed E-state index contributed by atoms with van der Waals surface area (Å²) in [5.74, 6) is 0. The lowest BCUT2D eigenvalue weighted by Crippen LogP contribution is -2.32. The zero-order chi connectivity index (χ0) is 20.5. The highest BCUT2D eigenvalue weighted by atomic mass is 32.1. The van der Waals surface area contributed by atoms with E-state index in [9.17, 15) is 5.11 Å². The molecule has 0 spiro atoms. The first kappa shape index (κ1) is 19.6. The number of aliphatic hydroxyl groups is 1. The maximum absolute atomic E-state index is 9.65. The molecule has 29 heavy (non-hydrogen) atoms. The summed E-state index contributed by atoms with van der Waals surface area (Å²) in [6, 6.07) is 16.6. The molecule has 3 aromatic rings. The number of aryl methyl sites for hydroxylation is 2. The lowest BCUT2D eigenvalue weighted by Gasteiger charge is -2.27. The van der Waals surface area contributed by atoms with Crippen LogP contribution in [0.25, 0.3) is 5.69 Å². The molecule has 2 atom stereocenters. The first-order chi connectivity index (χ1) is 14.0. The van der Waals surface area contributed by atoms with E-state index >= 15 is 0 Å². The van der Waals surface area contributed by atoms with Crippen LogP contribution in [0.5, 0.6) is 0 Å². The van der Waals surface area contributed by atoms with E-state index in [1.807, 2.05) is 24.4 Å². The third-order valence-electron chi connectivity index (χ3n) is 5.59. The van der Waals surface area contributed by atoms with Gasteiger partial charge in [0, 0.05) is 29.8 Å². The molecule has 4 rings (SSSR count). The van der Waals surface area contributed by atoms with E-state index in [4.69, 9.17) is 12.2 Å². The van der Waals surface area contributed by atoms with Crippen LogP contribution in [0.15, 0.2) is 54.7 Å². The van der Waals surface area contributed by atoms with Crippen LogP contribution >= 0.6 is 12.2 Å². The lowest BCUT2D eigenvalue weighted by atomic mass is 9.97. The van der Waals surface area contributed by atoms with Crippen molar-refractivity contribution in [2.45, 2.75) is 32.9 Å². The van der Waals surface area contributed by atoms with E-state index in [0.29, 0.717) is 11.7 Å². The number of benzene rings is 1. The summed E-state index contributed by atoms with van der Waals surface area (Å²) in [4.78, 5) is 6.66. The summed E-state index contributed by atoms with van der Waals surface area (Å²) in [6.07, 6.45) is 1.81. The van der Waals surface area contributed by atoms with Crippen molar-refractivity contribution in [3.8, 4) is 5.69 Å². The van der Waals surface area contributed by atoms with Crippen LogP contribution in [0, 0.1) is 20.8 Å². The Kier molecular flexibility index (Phi) is 5.39. The highest BCUT2D eigenvalue weighted by molar-refractivity contribution is 7.80. The van der Waals surface area contributed by atoms with E-state index in [1.54, 1.807) is 0 Å². The molecule has 1 aromatic carbocycles. The van der Waals surface area contributed by atoms with E-state index in [-0.39, 0.29) is 18.7 Å². The number of β-amino-alcohol motifs (C(OH)–C–C–N with tert-alkyl or cyclic N) is 1. The number of aromatic nitrogens is 2. The zero-order valence-electron chi connectivity index (χ0n) is 17.0. The van der Waals surface area contributed by atoms with Crippen LogP contribution in [0.1, 0.15) is 40.3 Å². The Bertz CT molecular complexity index is 1030. The quantitative estimate of drug-likeness (QED) is 0.632. The number of nitrogens with zero attached hydrogens (tertiary/aromatic N) is 3. The minimum Gasteiger partial charge on any atom is -0.395 e. The Labute approximate surface area is 177 Å². The van der Waals surface area contributed by atoms with Gasteiger partial charge in [-0.25, -0.2) is 0 Å². The van der Waals surface area contributed by atoms with Gasteiger partial charge in [-0.15, -0.1) is 0 Å². The average molecular weight is 407 g/mol. The predicted molar refractivity (Wildman–Crippen MR) is 119 cm³/mol. The molecule has 0 saturated carbocycles. The first-order valence-corrected chi connectivity index (χ1v) is 10.3. The number of hydrogen-bond donors (Lipinski definition) is 2. The number of aliphatic hydroxyl groups excluding tert-OH is 1. The van der Waals surface area contributed by atoms with E-state index in [2.05, 4.69) is 70.9 Å². The van der Waals surface area contributed by atoms with Gasteiger partial charge in [0.25, 0.3) is 0 Å². The Morgan fingerprint density at radius 3 is 2.62 bits per heavy atom. The zero-order valence-corrected chi connectivity index (χ0v) is 17.8. The van der Waals surface area contributed by atoms with Crippen LogP contribution in [-0.2, 0) is 0 Å². The average Bonchev–Trinajstić information content (AvgIpc) is 3.18. The summed E-state index contributed by atoms with van der Waals surface area (Å²) in [7, 11) is 0. The van der Waals surface area contributed by atoms with Gasteiger partial charge in [0.1, 0.15) is 0 Å². The van der Waals surface area contributed by atoms with Gasteiger partial charge < -0.3 is 19.9 Å². The van der Waals surface area contributed by atoms with Crippen LogP contribution < -0.4 is 5.32 Å². The van der Waals surface area contributed by atoms with Crippen LogP contribution in [0.3, 0.4) is 0 Å². The molecular formula is C23H26N4OS. The van der Waals surface area contributed by atoms with E-state index in [1.165, 1.54) is 22.5 Å². The maximum Gasteiger partial charge on any atom is 0.170 e. The Morgan fingerprint density at radius 1 is 1.10 bits per heavy atom.